The first-order valence-corrected chi connectivity index (χ1v) is 11.7. The molecule has 0 aliphatic carbocycles. The molecule has 6 nitrogen and oxygen atoms in total. The second-order valence-electron chi connectivity index (χ2n) is 7.38. The molecule has 0 saturated heterocycles. The van der Waals surface area contributed by atoms with E-state index in [1.165, 1.54) is 29.0 Å². The maximum atomic E-state index is 14.8. The van der Waals surface area contributed by atoms with Gasteiger partial charge < -0.3 is 0 Å². The van der Waals surface area contributed by atoms with Crippen LogP contribution in [0.1, 0.15) is 15.9 Å². The van der Waals surface area contributed by atoms with Crippen molar-refractivity contribution in [2.24, 2.45) is 0 Å². The second-order valence-corrected chi connectivity index (χ2v) is 9.54. The Morgan fingerprint density at radius 1 is 1.06 bits per heavy atom. The number of nitrogens with one attached hydrogen (secondary N) is 1. The van der Waals surface area contributed by atoms with Crippen LogP contribution in [0.25, 0.3) is 27.8 Å². The van der Waals surface area contributed by atoms with Crippen molar-refractivity contribution in [3.63, 3.8) is 0 Å². The average molecular weight is 494 g/mol. The summed E-state index contributed by atoms with van der Waals surface area (Å²) in [5.41, 5.74) is 1.33. The number of carbonyl (C=O) groups is 1. The Morgan fingerprint density at radius 3 is 2.48 bits per heavy atom. The van der Waals surface area contributed by atoms with E-state index in [1.807, 2.05) is 0 Å². The number of amides is 1. The third-order valence-electron chi connectivity index (χ3n) is 4.92. The number of rotatable bonds is 4. The lowest BCUT2D eigenvalue weighted by atomic mass is 10.0. The van der Waals surface area contributed by atoms with Crippen molar-refractivity contribution in [1.29, 1.82) is 0 Å². The summed E-state index contributed by atoms with van der Waals surface area (Å²) < 4.78 is 68.4. The molecule has 33 heavy (non-hydrogen) atoms. The number of carbonyl (C=O) groups excluding carboxylic acids is 1. The molecule has 170 valence electrons. The minimum atomic E-state index is -3.92. The molecule has 0 unspecified atom stereocenters. The zero-order valence-electron chi connectivity index (χ0n) is 17.2. The van der Waals surface area contributed by atoms with Gasteiger partial charge in [0.2, 0.25) is 10.0 Å². The number of pyridine rings is 1. The Labute approximate surface area is 191 Å². The van der Waals surface area contributed by atoms with Crippen molar-refractivity contribution >= 4 is 38.6 Å². The van der Waals surface area contributed by atoms with Gasteiger partial charge in [-0.15, -0.1) is 0 Å². The largest absolute Gasteiger partial charge is 0.299 e. The first-order chi connectivity index (χ1) is 15.4. The minimum absolute atomic E-state index is 0.0643. The molecule has 4 rings (SSSR count). The van der Waals surface area contributed by atoms with E-state index in [-0.39, 0.29) is 16.4 Å². The van der Waals surface area contributed by atoms with Gasteiger partial charge >= 0.3 is 0 Å². The molecule has 0 fully saturated rings. The summed E-state index contributed by atoms with van der Waals surface area (Å²) >= 11 is 6.32. The molecular weight excluding hydrogens is 479 g/mol. The van der Waals surface area contributed by atoms with E-state index < -0.39 is 38.9 Å². The van der Waals surface area contributed by atoms with Crippen LogP contribution in [-0.2, 0) is 10.0 Å². The molecule has 11 heteroatoms. The fourth-order valence-corrected chi connectivity index (χ4v) is 4.18. The fraction of sp³-hybridized carbons (Fsp3) is 0.0909. The molecule has 0 saturated carbocycles. The number of hydrogen-bond acceptors (Lipinski definition) is 4. The van der Waals surface area contributed by atoms with Gasteiger partial charge in [0.1, 0.15) is 23.1 Å². The Hall–Kier alpha value is -3.37. The zero-order chi connectivity index (χ0) is 24.1. The highest BCUT2D eigenvalue weighted by molar-refractivity contribution is 7.89. The van der Waals surface area contributed by atoms with Gasteiger partial charge in [-0.05, 0) is 42.3 Å². The van der Waals surface area contributed by atoms with Crippen LogP contribution < -0.4 is 4.72 Å². The monoisotopic (exact) mass is 493 g/mol. The summed E-state index contributed by atoms with van der Waals surface area (Å²) in [5.74, 6) is -3.34. The highest BCUT2D eigenvalue weighted by Gasteiger charge is 2.22. The third-order valence-corrected chi connectivity index (χ3v) is 5.78. The quantitative estimate of drug-likeness (QED) is 0.444. The first kappa shape index (κ1) is 22.8. The van der Waals surface area contributed by atoms with Crippen LogP contribution in [0.2, 0.25) is 5.02 Å². The maximum absolute atomic E-state index is 14.8. The zero-order valence-corrected chi connectivity index (χ0v) is 18.7. The van der Waals surface area contributed by atoms with Gasteiger partial charge in [0.15, 0.2) is 0 Å². The lowest BCUT2D eigenvalue weighted by Gasteiger charge is -2.11. The normalized spacial score (nSPS) is 11.7. The average Bonchev–Trinajstić information content (AvgIpc) is 3.08. The van der Waals surface area contributed by atoms with Gasteiger partial charge in [-0.2, -0.15) is 0 Å². The number of aromatic nitrogens is 2. The molecule has 2 aromatic carbocycles. The number of nitrogens with zero attached hydrogens (tertiary/aromatic N) is 2. The fourth-order valence-electron chi connectivity index (χ4n) is 3.48. The third kappa shape index (κ3) is 4.44. The van der Waals surface area contributed by atoms with Crippen molar-refractivity contribution < 1.29 is 26.4 Å². The predicted octanol–water partition coefficient (Wildman–Crippen LogP) is 4.76. The van der Waals surface area contributed by atoms with Crippen molar-refractivity contribution in [2.45, 2.75) is 6.92 Å². The Kier molecular flexibility index (Phi) is 5.67. The number of halogens is 4. The van der Waals surface area contributed by atoms with E-state index >= 15 is 0 Å². The molecule has 0 bridgehead atoms. The van der Waals surface area contributed by atoms with Gasteiger partial charge in [-0.1, -0.05) is 17.7 Å². The van der Waals surface area contributed by atoms with Crippen LogP contribution in [0.4, 0.5) is 13.2 Å². The Bertz CT molecular complexity index is 1550. The van der Waals surface area contributed by atoms with E-state index in [0.717, 1.165) is 24.6 Å². The number of benzene rings is 2. The van der Waals surface area contributed by atoms with E-state index in [0.29, 0.717) is 22.1 Å². The van der Waals surface area contributed by atoms with E-state index in [2.05, 4.69) is 4.98 Å². The van der Waals surface area contributed by atoms with Gasteiger partial charge in [-0.3, -0.25) is 9.36 Å². The van der Waals surface area contributed by atoms with Crippen LogP contribution in [0.5, 0.6) is 0 Å². The first-order valence-electron chi connectivity index (χ1n) is 9.39. The number of sulfonamides is 1. The maximum Gasteiger partial charge on any atom is 0.267 e. The summed E-state index contributed by atoms with van der Waals surface area (Å²) in [4.78, 5) is 16.2. The molecule has 1 N–H and O–H groups in total. The summed E-state index contributed by atoms with van der Waals surface area (Å²) in [5, 5.41) is 0.236. The van der Waals surface area contributed by atoms with Crippen molar-refractivity contribution in [2.75, 3.05) is 6.26 Å². The summed E-state index contributed by atoms with van der Waals surface area (Å²) in [6, 6.07) is 7.30. The van der Waals surface area contributed by atoms with Crippen LogP contribution >= 0.6 is 11.6 Å². The second kappa shape index (κ2) is 8.20. The lowest BCUT2D eigenvalue weighted by molar-refractivity contribution is 0.0978. The molecule has 0 radical (unpaired) electrons. The van der Waals surface area contributed by atoms with Crippen LogP contribution in [-0.4, -0.2) is 30.1 Å². The number of fused-ring (bicyclic) bond motifs is 1. The van der Waals surface area contributed by atoms with E-state index in [1.54, 1.807) is 17.7 Å². The predicted molar refractivity (Wildman–Crippen MR) is 118 cm³/mol. The molecule has 1 amide bonds. The minimum Gasteiger partial charge on any atom is -0.299 e. The molecule has 4 aromatic rings. The standard InChI is InChI=1S/C22H15ClF3N3O3S/c1-11-3-4-12(24)5-14(11)17-10-29(21-15(17)6-13(25)9-27-21)20-8-19(26)16(7-18(20)23)22(30)28-33(2,31)32/h3-10H,1-2H3,(H,28,30). The van der Waals surface area contributed by atoms with Gasteiger partial charge in [0.25, 0.3) is 5.91 Å². The van der Waals surface area contributed by atoms with Gasteiger partial charge in [-0.25, -0.2) is 31.3 Å². The van der Waals surface area contributed by atoms with Crippen LogP contribution in [0, 0.1) is 24.4 Å². The molecule has 2 aromatic heterocycles. The summed E-state index contributed by atoms with van der Waals surface area (Å²) in [7, 11) is -3.92. The smallest absolute Gasteiger partial charge is 0.267 e. The van der Waals surface area contributed by atoms with E-state index in [4.69, 9.17) is 11.6 Å². The Morgan fingerprint density at radius 2 is 1.79 bits per heavy atom. The van der Waals surface area contributed by atoms with Crippen LogP contribution in [0.3, 0.4) is 0 Å². The molecule has 0 spiro atoms. The Balaban J connectivity index is 1.93. The van der Waals surface area contributed by atoms with Crippen LogP contribution in [0.15, 0.2) is 48.8 Å². The lowest BCUT2D eigenvalue weighted by Crippen LogP contribution is -2.30. The van der Waals surface area contributed by atoms with Crippen molar-refractivity contribution in [3.8, 4) is 16.8 Å². The molecular formula is C22H15ClF3N3O3S. The molecule has 0 aliphatic rings. The molecule has 0 aliphatic heterocycles. The number of hydrogen-bond donors (Lipinski definition) is 1. The van der Waals surface area contributed by atoms with Crippen molar-refractivity contribution in [1.82, 2.24) is 14.3 Å². The van der Waals surface area contributed by atoms with Gasteiger partial charge in [0.05, 0.1) is 28.7 Å². The SMILES string of the molecule is Cc1ccc(F)cc1-c1cn(-c2cc(F)c(C(=O)NS(C)(=O)=O)cc2Cl)c2ncc(F)cc12. The highest BCUT2D eigenvalue weighted by atomic mass is 35.5. The van der Waals surface area contributed by atoms with E-state index in [9.17, 15) is 26.4 Å². The van der Waals surface area contributed by atoms with Crippen molar-refractivity contribution in [3.05, 3.63) is 82.4 Å². The van der Waals surface area contributed by atoms with Gasteiger partial charge in [0, 0.05) is 23.2 Å². The topological polar surface area (TPSA) is 81.1 Å². The summed E-state index contributed by atoms with van der Waals surface area (Å²) in [6.07, 6.45) is 3.24. The number of aryl methyl sites for hydroxylation is 1. The molecule has 0 atom stereocenters. The molecule has 2 heterocycles. The summed E-state index contributed by atoms with van der Waals surface area (Å²) in [6.45, 7) is 1.76. The highest BCUT2D eigenvalue weighted by Crippen LogP contribution is 2.36.